The molecule has 1 atom stereocenters. The molecule has 0 heterocycles. The van der Waals surface area contributed by atoms with E-state index < -0.39 is 8.69 Å². The maximum absolute atomic E-state index is 9.90. The molecule has 0 aliphatic carbocycles. The van der Waals surface area contributed by atoms with Crippen molar-refractivity contribution in [2.75, 3.05) is 0 Å². The summed E-state index contributed by atoms with van der Waals surface area (Å²) < 4.78 is 14.6. The molecule has 1 unspecified atom stereocenters. The molecule has 0 saturated heterocycles. The minimum Gasteiger partial charge on any atom is -0.256 e. The van der Waals surface area contributed by atoms with Gasteiger partial charge in [0.2, 0.25) is 0 Å². The van der Waals surface area contributed by atoms with E-state index in [1.54, 1.807) is 12.1 Å². The molecule has 0 fully saturated rings. The maximum atomic E-state index is 9.90. The zero-order chi connectivity index (χ0) is 6.53. The van der Waals surface area contributed by atoms with Gasteiger partial charge in [0.25, 0.3) is 0 Å². The summed E-state index contributed by atoms with van der Waals surface area (Å²) in [6.07, 6.45) is 0. The van der Waals surface area contributed by atoms with Crippen molar-refractivity contribution >= 4 is 8.69 Å². The van der Waals surface area contributed by atoms with Gasteiger partial charge in [-0.15, -0.1) is 0 Å². The average Bonchev–Trinajstić information content (AvgIpc) is 1.91. The van der Waals surface area contributed by atoms with Crippen LogP contribution in [0, 0.1) is 0 Å². The van der Waals surface area contributed by atoms with Crippen LogP contribution >= 0.6 is 8.69 Å². The van der Waals surface area contributed by atoms with Gasteiger partial charge in [-0.05, 0) is 16.7 Å². The predicted molar refractivity (Wildman–Crippen MR) is 36.1 cm³/mol. The van der Waals surface area contributed by atoms with Crippen molar-refractivity contribution in [1.29, 1.82) is 0 Å². The fraction of sp³-hybridized carbons (Fsp3) is 0. The fourth-order valence-electron chi connectivity index (χ4n) is 0.537. The number of hydrogen-bond donors (Lipinski definition) is 0. The van der Waals surface area contributed by atoms with E-state index in [1.807, 2.05) is 18.2 Å². The van der Waals surface area contributed by atoms with Crippen LogP contribution in [0.1, 0.15) is 0 Å². The number of para-hydroxylation sites is 1. The van der Waals surface area contributed by atoms with Crippen molar-refractivity contribution in [3.63, 3.8) is 0 Å². The topological polar surface area (TPSA) is 26.3 Å². The second-order valence-electron chi connectivity index (χ2n) is 1.50. The predicted octanol–water partition coefficient (Wildman–Crippen LogP) is 2.00. The van der Waals surface area contributed by atoms with Gasteiger partial charge in [0, 0.05) is 16.5 Å². The molecule has 0 spiro atoms. The Bertz CT molecular complexity index is 190. The van der Waals surface area contributed by atoms with Gasteiger partial charge in [0.05, 0.1) is 0 Å². The van der Waals surface area contributed by atoms with E-state index in [0.717, 1.165) is 0 Å². The van der Waals surface area contributed by atoms with Gasteiger partial charge in [0.15, 0.2) is 5.75 Å². The Hall–Kier alpha value is -0.386. The first-order valence-electron chi connectivity index (χ1n) is 2.52. The molecule has 4 heteroatoms. The van der Waals surface area contributed by atoms with Gasteiger partial charge < -0.3 is 0 Å². The van der Waals surface area contributed by atoms with Gasteiger partial charge >= 0.3 is 8.69 Å². The zero-order valence-electron chi connectivity index (χ0n) is 5.02. The van der Waals surface area contributed by atoms with E-state index in [2.05, 4.69) is 4.52 Å². The Morgan fingerprint density at radius 3 is 2.30 bits per heavy atom. The molecule has 0 amide bonds. The van der Waals surface area contributed by atoms with Crippen molar-refractivity contribution in [3.05, 3.63) is 30.3 Å². The van der Waals surface area contributed by atoms with Gasteiger partial charge in [-0.2, -0.15) is 0 Å². The van der Waals surface area contributed by atoms with Crippen LogP contribution in [0.15, 0.2) is 30.3 Å². The summed E-state index contributed by atoms with van der Waals surface area (Å²) in [5.41, 5.74) is 0. The second-order valence-corrected chi connectivity index (χ2v) is 1.87. The van der Waals surface area contributed by atoms with Crippen molar-refractivity contribution in [1.82, 2.24) is 0 Å². The Morgan fingerprint density at radius 1 is 1.20 bits per heavy atom. The largest absolute Gasteiger partial charge is 0.542 e. The third-order valence-corrected chi connectivity index (χ3v) is 1.22. The maximum Gasteiger partial charge on any atom is 0.542 e. The quantitative estimate of drug-likeness (QED) is 0.538. The summed E-state index contributed by atoms with van der Waals surface area (Å²) in [6, 6.07) is 9.04. The summed E-state index contributed by atoms with van der Waals surface area (Å²) in [5, 5.41) is 0. The first kappa shape index (κ1) is 9.61. The van der Waals surface area contributed by atoms with Crippen LogP contribution in [0.4, 0.5) is 0 Å². The molecule has 1 aromatic carbocycles. The molecule has 0 bridgehead atoms. The molecule has 0 N–H and O–H groups in total. The van der Waals surface area contributed by atoms with Crippen LogP contribution < -0.4 is 4.52 Å². The molecule has 0 saturated carbocycles. The van der Waals surface area contributed by atoms with Gasteiger partial charge in [-0.3, -0.25) is 4.52 Å². The van der Waals surface area contributed by atoms with Crippen LogP contribution in [0.2, 0.25) is 0 Å². The molecule has 0 radical (unpaired) electrons. The molecule has 56 valence electrons. The van der Waals surface area contributed by atoms with E-state index in [1.165, 1.54) is 0 Å². The van der Waals surface area contributed by atoms with Gasteiger partial charge in [-0.25, -0.2) is 0 Å². The molecular formula is C6H6NiO2P+. The van der Waals surface area contributed by atoms with Crippen molar-refractivity contribution in [2.24, 2.45) is 0 Å². The molecule has 0 aliphatic rings. The number of benzene rings is 1. The normalized spacial score (nSPS) is 8.40. The van der Waals surface area contributed by atoms with E-state index in [9.17, 15) is 4.57 Å². The first-order valence-corrected chi connectivity index (χ1v) is 3.34. The SMILES string of the molecule is O=[PH+]Oc1ccccc1.[Ni]. The summed E-state index contributed by atoms with van der Waals surface area (Å²) >= 11 is 0. The first-order chi connectivity index (χ1) is 4.43. The summed E-state index contributed by atoms with van der Waals surface area (Å²) in [7, 11) is -0.715. The molecule has 0 aromatic heterocycles. The third kappa shape index (κ3) is 2.96. The summed E-state index contributed by atoms with van der Waals surface area (Å²) in [5.74, 6) is 0.644. The summed E-state index contributed by atoms with van der Waals surface area (Å²) in [6.45, 7) is 0. The Labute approximate surface area is 70.8 Å². The minimum absolute atomic E-state index is 0. The van der Waals surface area contributed by atoms with E-state index in [4.69, 9.17) is 0 Å². The monoisotopic (exact) mass is 199 g/mol. The van der Waals surface area contributed by atoms with E-state index in [0.29, 0.717) is 5.75 Å². The van der Waals surface area contributed by atoms with Crippen molar-refractivity contribution in [3.8, 4) is 5.75 Å². The smallest absolute Gasteiger partial charge is 0.256 e. The third-order valence-electron chi connectivity index (χ3n) is 0.903. The molecule has 1 aromatic rings. The van der Waals surface area contributed by atoms with E-state index >= 15 is 0 Å². The Morgan fingerprint density at radius 2 is 1.80 bits per heavy atom. The molecule has 10 heavy (non-hydrogen) atoms. The van der Waals surface area contributed by atoms with Crippen LogP contribution in [-0.2, 0) is 21.1 Å². The second kappa shape index (κ2) is 5.40. The van der Waals surface area contributed by atoms with Crippen LogP contribution in [-0.4, -0.2) is 0 Å². The molecule has 0 aliphatic heterocycles. The Kier molecular flexibility index (Phi) is 5.19. The minimum atomic E-state index is -0.715. The molecule has 2 nitrogen and oxygen atoms in total. The molecular weight excluding hydrogens is 194 g/mol. The Balaban J connectivity index is 0.000000810. The zero-order valence-corrected chi connectivity index (χ0v) is 7.01. The van der Waals surface area contributed by atoms with Gasteiger partial charge in [-0.1, -0.05) is 18.2 Å². The fourth-order valence-corrected chi connectivity index (χ4v) is 0.769. The van der Waals surface area contributed by atoms with Crippen LogP contribution in [0.3, 0.4) is 0 Å². The number of hydrogen-bond acceptors (Lipinski definition) is 2. The van der Waals surface area contributed by atoms with Crippen molar-refractivity contribution < 1.29 is 25.6 Å². The molecule has 1 rings (SSSR count). The van der Waals surface area contributed by atoms with Crippen LogP contribution in [0.25, 0.3) is 0 Å². The van der Waals surface area contributed by atoms with Gasteiger partial charge in [0.1, 0.15) is 0 Å². The number of rotatable bonds is 2. The van der Waals surface area contributed by atoms with E-state index in [-0.39, 0.29) is 16.5 Å². The average molecular weight is 200 g/mol. The summed E-state index contributed by atoms with van der Waals surface area (Å²) in [4.78, 5) is 0. The standard InChI is InChI=1S/C6H6O2P.Ni/c7-9-8-6-4-2-1-3-5-6;/h1-5,9H;/q+1;. The van der Waals surface area contributed by atoms with Crippen LogP contribution in [0.5, 0.6) is 5.75 Å². The van der Waals surface area contributed by atoms with Crippen molar-refractivity contribution in [2.45, 2.75) is 0 Å².